The van der Waals surface area contributed by atoms with Crippen LogP contribution in [0.15, 0.2) is 6.07 Å². The molecule has 1 aromatic heterocycles. The van der Waals surface area contributed by atoms with Crippen molar-refractivity contribution in [3.8, 4) is 5.88 Å². The number of nitrogens with zero attached hydrogens (tertiary/aromatic N) is 1. The van der Waals surface area contributed by atoms with Gasteiger partial charge in [0.1, 0.15) is 6.61 Å². The Labute approximate surface area is 121 Å². The van der Waals surface area contributed by atoms with Crippen molar-refractivity contribution in [2.24, 2.45) is 0 Å². The van der Waals surface area contributed by atoms with E-state index >= 15 is 0 Å². The summed E-state index contributed by atoms with van der Waals surface area (Å²) in [6.07, 6.45) is 0.906. The average Bonchev–Trinajstić information content (AvgIpc) is 2.41. The van der Waals surface area contributed by atoms with Crippen LogP contribution in [0.5, 0.6) is 5.88 Å². The molecule has 114 valence electrons. The highest BCUT2D eigenvalue weighted by molar-refractivity contribution is 5.35. The van der Waals surface area contributed by atoms with Crippen LogP contribution in [-0.2, 0) is 16.0 Å². The molecule has 1 N–H and O–H groups in total. The second-order valence-electron chi connectivity index (χ2n) is 4.70. The van der Waals surface area contributed by atoms with E-state index < -0.39 is 0 Å². The van der Waals surface area contributed by atoms with Gasteiger partial charge in [-0.2, -0.15) is 0 Å². The predicted octanol–water partition coefficient (Wildman–Crippen LogP) is 1.85. The largest absolute Gasteiger partial charge is 0.475 e. The van der Waals surface area contributed by atoms with Gasteiger partial charge in [0.05, 0.1) is 6.61 Å². The lowest BCUT2D eigenvalue weighted by Crippen LogP contribution is -2.14. The monoisotopic (exact) mass is 282 g/mol. The highest BCUT2D eigenvalue weighted by Crippen LogP contribution is 2.20. The zero-order valence-electron chi connectivity index (χ0n) is 13.0. The highest BCUT2D eigenvalue weighted by Gasteiger charge is 2.09. The standard InChI is InChI=1S/C15H26N2O3/c1-12-10-13(2)17-15(14(12)11-16-3)20-9-8-19-7-5-6-18-4/h10,16H,5-9,11H2,1-4H3. The summed E-state index contributed by atoms with van der Waals surface area (Å²) in [6.45, 7) is 7.31. The van der Waals surface area contributed by atoms with Gasteiger partial charge in [-0.05, 0) is 38.9 Å². The van der Waals surface area contributed by atoms with Crippen molar-refractivity contribution in [1.29, 1.82) is 0 Å². The topological polar surface area (TPSA) is 52.6 Å². The van der Waals surface area contributed by atoms with Crippen molar-refractivity contribution in [3.05, 3.63) is 22.9 Å². The van der Waals surface area contributed by atoms with Crippen LogP contribution in [0.25, 0.3) is 0 Å². The lowest BCUT2D eigenvalue weighted by Gasteiger charge is -2.14. The Bertz CT molecular complexity index is 397. The van der Waals surface area contributed by atoms with Crippen LogP contribution >= 0.6 is 0 Å². The first-order valence-corrected chi connectivity index (χ1v) is 7.00. The molecule has 0 radical (unpaired) electrons. The van der Waals surface area contributed by atoms with Gasteiger partial charge in [-0.1, -0.05) is 0 Å². The molecule has 0 spiro atoms. The second kappa shape index (κ2) is 9.69. The van der Waals surface area contributed by atoms with Crippen molar-refractivity contribution < 1.29 is 14.2 Å². The van der Waals surface area contributed by atoms with Crippen LogP contribution < -0.4 is 10.1 Å². The molecule has 0 amide bonds. The molecule has 0 aliphatic heterocycles. The molecule has 1 heterocycles. The molecule has 0 aliphatic carbocycles. The Kier molecular flexibility index (Phi) is 8.18. The van der Waals surface area contributed by atoms with Gasteiger partial charge in [-0.3, -0.25) is 0 Å². The minimum absolute atomic E-state index is 0.513. The molecular formula is C15H26N2O3. The van der Waals surface area contributed by atoms with Crippen molar-refractivity contribution in [2.45, 2.75) is 26.8 Å². The zero-order valence-corrected chi connectivity index (χ0v) is 13.0. The van der Waals surface area contributed by atoms with E-state index in [2.05, 4.69) is 23.3 Å². The molecule has 0 unspecified atom stereocenters. The molecule has 0 saturated carbocycles. The first-order valence-electron chi connectivity index (χ1n) is 7.00. The smallest absolute Gasteiger partial charge is 0.218 e. The number of rotatable bonds is 10. The number of aryl methyl sites for hydroxylation is 2. The molecule has 0 aromatic carbocycles. The second-order valence-corrected chi connectivity index (χ2v) is 4.70. The number of ether oxygens (including phenoxy) is 3. The molecule has 0 saturated heterocycles. The van der Waals surface area contributed by atoms with E-state index in [-0.39, 0.29) is 0 Å². The fourth-order valence-electron chi connectivity index (χ4n) is 1.94. The molecule has 1 aromatic rings. The number of pyridine rings is 1. The van der Waals surface area contributed by atoms with Gasteiger partial charge in [0, 0.05) is 38.1 Å². The van der Waals surface area contributed by atoms with Crippen LogP contribution in [0.1, 0.15) is 23.2 Å². The summed E-state index contributed by atoms with van der Waals surface area (Å²) in [6, 6.07) is 2.07. The lowest BCUT2D eigenvalue weighted by molar-refractivity contribution is 0.0792. The third kappa shape index (κ3) is 5.86. The van der Waals surface area contributed by atoms with Crippen molar-refractivity contribution in [3.63, 3.8) is 0 Å². The van der Waals surface area contributed by atoms with Crippen LogP contribution in [0, 0.1) is 13.8 Å². The number of hydrogen-bond acceptors (Lipinski definition) is 5. The molecule has 0 aliphatic rings. The van der Waals surface area contributed by atoms with Crippen molar-refractivity contribution in [2.75, 3.05) is 40.6 Å². The fraction of sp³-hybridized carbons (Fsp3) is 0.667. The zero-order chi connectivity index (χ0) is 14.8. The normalized spacial score (nSPS) is 10.8. The number of methoxy groups -OCH3 is 1. The van der Waals surface area contributed by atoms with Gasteiger partial charge in [0.15, 0.2) is 0 Å². The van der Waals surface area contributed by atoms with Crippen molar-refractivity contribution >= 4 is 0 Å². The fourth-order valence-corrected chi connectivity index (χ4v) is 1.94. The van der Waals surface area contributed by atoms with E-state index in [1.165, 1.54) is 5.56 Å². The van der Waals surface area contributed by atoms with Gasteiger partial charge >= 0.3 is 0 Å². The maximum Gasteiger partial charge on any atom is 0.218 e. The van der Waals surface area contributed by atoms with Crippen LogP contribution in [0.3, 0.4) is 0 Å². The Morgan fingerprint density at radius 1 is 1.15 bits per heavy atom. The molecule has 5 heteroatoms. The summed E-state index contributed by atoms with van der Waals surface area (Å²) < 4.78 is 16.2. The van der Waals surface area contributed by atoms with Gasteiger partial charge in [-0.15, -0.1) is 0 Å². The van der Waals surface area contributed by atoms with Crippen LogP contribution in [-0.4, -0.2) is 45.6 Å². The van der Waals surface area contributed by atoms with Crippen LogP contribution in [0.2, 0.25) is 0 Å². The lowest BCUT2D eigenvalue weighted by atomic mass is 10.1. The number of hydrogen-bond donors (Lipinski definition) is 1. The van der Waals surface area contributed by atoms with E-state index in [0.29, 0.717) is 25.7 Å². The summed E-state index contributed by atoms with van der Waals surface area (Å²) in [5.41, 5.74) is 3.28. The minimum Gasteiger partial charge on any atom is -0.475 e. The predicted molar refractivity (Wildman–Crippen MR) is 79.3 cm³/mol. The molecule has 5 nitrogen and oxygen atoms in total. The quantitative estimate of drug-likeness (QED) is 0.664. The average molecular weight is 282 g/mol. The molecule has 0 bridgehead atoms. The molecule has 20 heavy (non-hydrogen) atoms. The minimum atomic E-state index is 0.513. The van der Waals surface area contributed by atoms with Gasteiger partial charge in [-0.25, -0.2) is 4.98 Å². The molecule has 0 fully saturated rings. The molecule has 1 rings (SSSR count). The maximum atomic E-state index is 5.75. The molecular weight excluding hydrogens is 256 g/mol. The summed E-state index contributed by atoms with van der Waals surface area (Å²) >= 11 is 0. The third-order valence-corrected chi connectivity index (χ3v) is 2.89. The van der Waals surface area contributed by atoms with E-state index in [9.17, 15) is 0 Å². The van der Waals surface area contributed by atoms with Gasteiger partial charge in [0.25, 0.3) is 0 Å². The summed E-state index contributed by atoms with van der Waals surface area (Å²) in [7, 11) is 3.61. The highest BCUT2D eigenvalue weighted by atomic mass is 16.5. The summed E-state index contributed by atoms with van der Waals surface area (Å²) in [4.78, 5) is 4.46. The Hall–Kier alpha value is -1.17. The number of nitrogens with one attached hydrogen (secondary N) is 1. The third-order valence-electron chi connectivity index (χ3n) is 2.89. The van der Waals surface area contributed by atoms with E-state index in [1.54, 1.807) is 7.11 Å². The number of aromatic nitrogens is 1. The van der Waals surface area contributed by atoms with E-state index in [4.69, 9.17) is 14.2 Å². The summed E-state index contributed by atoms with van der Waals surface area (Å²) in [5, 5.41) is 3.14. The maximum absolute atomic E-state index is 5.75. The van der Waals surface area contributed by atoms with E-state index in [0.717, 1.165) is 30.8 Å². The first kappa shape index (κ1) is 16.9. The Balaban J connectivity index is 2.42. The first-order chi connectivity index (χ1) is 9.69. The van der Waals surface area contributed by atoms with E-state index in [1.807, 2.05) is 14.0 Å². The SMILES string of the molecule is CNCc1c(C)cc(C)nc1OCCOCCCOC. The van der Waals surface area contributed by atoms with Crippen LogP contribution in [0.4, 0.5) is 0 Å². The summed E-state index contributed by atoms with van der Waals surface area (Å²) in [5.74, 6) is 0.706. The Morgan fingerprint density at radius 3 is 2.65 bits per heavy atom. The van der Waals surface area contributed by atoms with Gasteiger partial charge < -0.3 is 19.5 Å². The van der Waals surface area contributed by atoms with Crippen molar-refractivity contribution in [1.82, 2.24) is 10.3 Å². The molecule has 0 atom stereocenters. The van der Waals surface area contributed by atoms with Gasteiger partial charge in [0.2, 0.25) is 5.88 Å². The Morgan fingerprint density at radius 2 is 1.95 bits per heavy atom.